The molecule has 0 atom stereocenters. The average Bonchev–Trinajstić information content (AvgIpc) is 3.01. The molecule has 0 spiro atoms. The minimum absolute atomic E-state index is 0.0580. The fourth-order valence-electron chi connectivity index (χ4n) is 3.15. The molecule has 0 N–H and O–H groups in total. The first-order valence-corrected chi connectivity index (χ1v) is 8.55. The third kappa shape index (κ3) is 2.96. The van der Waals surface area contributed by atoms with E-state index in [-0.39, 0.29) is 11.6 Å². The van der Waals surface area contributed by atoms with Gasteiger partial charge in [0.1, 0.15) is 10.9 Å². The van der Waals surface area contributed by atoms with Crippen molar-refractivity contribution >= 4 is 17.0 Å². The third-order valence-electron chi connectivity index (χ3n) is 4.25. The fraction of sp³-hybridized carbons (Fsp3) is 0.389. The van der Waals surface area contributed by atoms with Crippen LogP contribution in [0.15, 0.2) is 24.3 Å². The lowest BCUT2D eigenvalue weighted by atomic mass is 9.94. The molecule has 23 heavy (non-hydrogen) atoms. The van der Waals surface area contributed by atoms with Crippen LogP contribution < -0.4 is 4.90 Å². The topological polar surface area (TPSA) is 27.0 Å². The Morgan fingerprint density at radius 1 is 1.26 bits per heavy atom. The number of alkyl halides is 2. The van der Waals surface area contributed by atoms with Crippen LogP contribution in [0.25, 0.3) is 10.4 Å². The number of nitriles is 1. The number of hydrogen-bond acceptors (Lipinski definition) is 3. The Labute approximate surface area is 139 Å². The number of halogens is 2. The summed E-state index contributed by atoms with van der Waals surface area (Å²) in [5.41, 5.74) is 2.68. The van der Waals surface area contributed by atoms with Crippen molar-refractivity contribution < 1.29 is 8.78 Å². The molecular weight excluding hydrogens is 314 g/mol. The first-order chi connectivity index (χ1) is 11.0. The van der Waals surface area contributed by atoms with Crippen LogP contribution in [0.1, 0.15) is 42.7 Å². The first kappa shape index (κ1) is 15.9. The van der Waals surface area contributed by atoms with Gasteiger partial charge in [-0.3, -0.25) is 0 Å². The fourth-order valence-corrected chi connectivity index (χ4v) is 3.99. The smallest absolute Gasteiger partial charge is 0.264 e. The van der Waals surface area contributed by atoms with E-state index in [0.717, 1.165) is 35.5 Å². The van der Waals surface area contributed by atoms with E-state index in [1.54, 1.807) is 18.2 Å². The summed E-state index contributed by atoms with van der Waals surface area (Å²) in [6.45, 7) is 5.08. The van der Waals surface area contributed by atoms with Crippen molar-refractivity contribution in [2.45, 2.75) is 39.2 Å². The zero-order valence-corrected chi connectivity index (χ0v) is 14.0. The molecule has 2 aromatic rings. The van der Waals surface area contributed by atoms with Crippen molar-refractivity contribution in [3.05, 3.63) is 40.3 Å². The van der Waals surface area contributed by atoms with Gasteiger partial charge >= 0.3 is 0 Å². The first-order valence-electron chi connectivity index (χ1n) is 7.73. The number of nitrogens with zero attached hydrogens (tertiary/aromatic N) is 2. The number of thiophene rings is 1. The molecular formula is C18H18F2N2S. The second-order valence-electron chi connectivity index (χ2n) is 6.04. The molecule has 0 amide bonds. The predicted octanol–water partition coefficient (Wildman–Crippen LogP) is 5.39. The van der Waals surface area contributed by atoms with Crippen LogP contribution in [-0.2, 0) is 6.42 Å². The number of anilines is 1. The minimum Gasteiger partial charge on any atom is -0.369 e. The van der Waals surface area contributed by atoms with E-state index < -0.39 is 6.43 Å². The van der Waals surface area contributed by atoms with E-state index in [2.05, 4.69) is 24.8 Å². The average molecular weight is 332 g/mol. The number of aryl methyl sites for hydroxylation is 1. The van der Waals surface area contributed by atoms with E-state index in [0.29, 0.717) is 10.4 Å². The van der Waals surface area contributed by atoms with Crippen molar-refractivity contribution in [2.75, 3.05) is 11.4 Å². The molecule has 0 bridgehead atoms. The Morgan fingerprint density at radius 2 is 2.04 bits per heavy atom. The van der Waals surface area contributed by atoms with Gasteiger partial charge in [-0.2, -0.15) is 5.26 Å². The SMILES string of the molecule is CC(C)N1CCCc2cc(-c3ccc(C#N)s3)c(C(F)F)cc21. The van der Waals surface area contributed by atoms with Gasteiger partial charge < -0.3 is 4.90 Å². The van der Waals surface area contributed by atoms with Crippen LogP contribution in [0.4, 0.5) is 14.5 Å². The molecule has 0 unspecified atom stereocenters. The van der Waals surface area contributed by atoms with Gasteiger partial charge in [-0.1, -0.05) is 0 Å². The van der Waals surface area contributed by atoms with E-state index in [9.17, 15) is 8.78 Å². The zero-order chi connectivity index (χ0) is 16.6. The largest absolute Gasteiger partial charge is 0.369 e. The number of benzene rings is 1. The van der Waals surface area contributed by atoms with E-state index in [4.69, 9.17) is 5.26 Å². The van der Waals surface area contributed by atoms with E-state index >= 15 is 0 Å². The highest BCUT2D eigenvalue weighted by molar-refractivity contribution is 7.16. The molecule has 3 rings (SSSR count). The summed E-state index contributed by atoms with van der Waals surface area (Å²) >= 11 is 1.27. The van der Waals surface area contributed by atoms with Gasteiger partial charge in [0, 0.05) is 34.3 Å². The molecule has 0 fully saturated rings. The third-order valence-corrected chi connectivity index (χ3v) is 5.27. The van der Waals surface area contributed by atoms with Gasteiger partial charge in [0.05, 0.1) is 0 Å². The van der Waals surface area contributed by atoms with Crippen molar-refractivity contribution in [2.24, 2.45) is 0 Å². The van der Waals surface area contributed by atoms with Gasteiger partial charge in [0.2, 0.25) is 0 Å². The normalized spacial score (nSPS) is 14.2. The predicted molar refractivity (Wildman–Crippen MR) is 90.2 cm³/mol. The Balaban J connectivity index is 2.15. The highest BCUT2D eigenvalue weighted by Crippen LogP contribution is 2.41. The molecule has 0 saturated carbocycles. The van der Waals surface area contributed by atoms with Crippen LogP contribution in [0.2, 0.25) is 0 Å². The molecule has 1 aliphatic rings. The maximum absolute atomic E-state index is 13.6. The summed E-state index contributed by atoms with van der Waals surface area (Å²) in [4.78, 5) is 3.48. The molecule has 0 radical (unpaired) electrons. The highest BCUT2D eigenvalue weighted by atomic mass is 32.1. The lowest BCUT2D eigenvalue weighted by molar-refractivity contribution is 0.152. The van der Waals surface area contributed by atoms with Crippen molar-refractivity contribution in [3.63, 3.8) is 0 Å². The lowest BCUT2D eigenvalue weighted by Crippen LogP contribution is -2.35. The maximum atomic E-state index is 13.6. The Kier molecular flexibility index (Phi) is 4.36. The second kappa shape index (κ2) is 6.29. The van der Waals surface area contributed by atoms with Crippen molar-refractivity contribution in [1.29, 1.82) is 5.26 Å². The monoisotopic (exact) mass is 332 g/mol. The summed E-state index contributed by atoms with van der Waals surface area (Å²) in [5.74, 6) is 0. The maximum Gasteiger partial charge on any atom is 0.264 e. The Morgan fingerprint density at radius 3 is 2.65 bits per heavy atom. The lowest BCUT2D eigenvalue weighted by Gasteiger charge is -2.35. The zero-order valence-electron chi connectivity index (χ0n) is 13.1. The summed E-state index contributed by atoms with van der Waals surface area (Å²) in [6.07, 6.45) is -0.586. The van der Waals surface area contributed by atoms with Crippen LogP contribution in [0.5, 0.6) is 0 Å². The van der Waals surface area contributed by atoms with E-state index in [1.165, 1.54) is 11.3 Å². The van der Waals surface area contributed by atoms with Crippen molar-refractivity contribution in [1.82, 2.24) is 0 Å². The van der Waals surface area contributed by atoms with Gasteiger partial charge in [-0.25, -0.2) is 8.78 Å². The highest BCUT2D eigenvalue weighted by Gasteiger charge is 2.25. The molecule has 0 saturated heterocycles. The summed E-state index contributed by atoms with van der Waals surface area (Å²) in [5, 5.41) is 8.97. The van der Waals surface area contributed by atoms with Gasteiger partial charge in [0.25, 0.3) is 6.43 Å². The van der Waals surface area contributed by atoms with Gasteiger partial charge in [0.15, 0.2) is 0 Å². The van der Waals surface area contributed by atoms with Crippen LogP contribution in [-0.4, -0.2) is 12.6 Å². The minimum atomic E-state index is -2.53. The summed E-state index contributed by atoms with van der Waals surface area (Å²) in [6, 6.07) is 9.37. The number of fused-ring (bicyclic) bond motifs is 1. The molecule has 1 aromatic heterocycles. The second-order valence-corrected chi connectivity index (χ2v) is 7.12. The van der Waals surface area contributed by atoms with Crippen LogP contribution in [0, 0.1) is 11.3 Å². The van der Waals surface area contributed by atoms with Gasteiger partial charge in [-0.05, 0) is 56.5 Å². The summed E-state index contributed by atoms with van der Waals surface area (Å²) in [7, 11) is 0. The molecule has 1 aliphatic heterocycles. The molecule has 2 nitrogen and oxygen atoms in total. The Hall–Kier alpha value is -1.93. The molecule has 2 heterocycles. The standard InChI is InChI=1S/C18H18F2N2S/c1-11(2)22-7-3-4-12-8-14(15(18(19)20)9-16(12)22)17-6-5-13(10-21)23-17/h5-6,8-9,11,18H,3-4,7H2,1-2H3. The van der Waals surface area contributed by atoms with Gasteiger partial charge in [-0.15, -0.1) is 11.3 Å². The quantitative estimate of drug-likeness (QED) is 0.754. The summed E-state index contributed by atoms with van der Waals surface area (Å²) < 4.78 is 27.2. The Bertz CT molecular complexity index is 759. The molecule has 120 valence electrons. The molecule has 0 aliphatic carbocycles. The molecule has 5 heteroatoms. The van der Waals surface area contributed by atoms with E-state index in [1.807, 2.05) is 6.07 Å². The van der Waals surface area contributed by atoms with Crippen LogP contribution >= 0.6 is 11.3 Å². The molecule has 1 aromatic carbocycles. The number of rotatable bonds is 3. The number of hydrogen-bond donors (Lipinski definition) is 0. The van der Waals surface area contributed by atoms with Crippen molar-refractivity contribution in [3.8, 4) is 16.5 Å². The van der Waals surface area contributed by atoms with Crippen LogP contribution in [0.3, 0.4) is 0 Å².